The molecule has 0 saturated heterocycles. The van der Waals surface area contributed by atoms with Gasteiger partial charge in [-0.15, -0.1) is 0 Å². The third-order valence-electron chi connectivity index (χ3n) is 6.91. The van der Waals surface area contributed by atoms with Crippen molar-refractivity contribution in [3.8, 4) is 5.69 Å². The Labute approximate surface area is 208 Å². The monoisotopic (exact) mass is 486 g/mol. The number of halogens is 1. The first kappa shape index (κ1) is 22.0. The summed E-state index contributed by atoms with van der Waals surface area (Å²) in [5.74, 6) is 2.10. The Kier molecular flexibility index (Phi) is 5.86. The summed E-state index contributed by atoms with van der Waals surface area (Å²) in [6, 6.07) is 17.7. The van der Waals surface area contributed by atoms with Crippen molar-refractivity contribution in [1.82, 2.24) is 25.1 Å². The van der Waals surface area contributed by atoms with E-state index in [1.807, 2.05) is 53.3 Å². The van der Waals surface area contributed by atoms with Crippen LogP contribution in [0.1, 0.15) is 60.6 Å². The van der Waals surface area contributed by atoms with Crippen molar-refractivity contribution in [2.45, 2.75) is 56.5 Å². The second-order valence-electron chi connectivity index (χ2n) is 9.48. The second kappa shape index (κ2) is 9.30. The number of para-hydroxylation sites is 1. The van der Waals surface area contributed by atoms with Crippen LogP contribution < -0.4 is 10.6 Å². The van der Waals surface area contributed by atoms with Gasteiger partial charge in [-0.1, -0.05) is 41.9 Å². The average Bonchev–Trinajstić information content (AvgIpc) is 3.65. The van der Waals surface area contributed by atoms with Crippen LogP contribution in [0.4, 0.5) is 5.82 Å². The molecule has 0 radical (unpaired) electrons. The lowest BCUT2D eigenvalue weighted by atomic mass is 9.91. The van der Waals surface area contributed by atoms with E-state index in [9.17, 15) is 4.79 Å². The topological polar surface area (TPSA) is 84.7 Å². The zero-order chi connectivity index (χ0) is 23.8. The molecule has 8 heteroatoms. The number of nitrogens with zero attached hydrogens (tertiary/aromatic N) is 4. The van der Waals surface area contributed by atoms with Crippen LogP contribution in [0, 0.1) is 0 Å². The molecule has 4 aromatic rings. The molecule has 2 aliphatic carbocycles. The van der Waals surface area contributed by atoms with Crippen molar-refractivity contribution in [1.29, 1.82) is 0 Å². The maximum Gasteiger partial charge on any atom is 0.253 e. The molecule has 7 nitrogen and oxygen atoms in total. The maximum absolute atomic E-state index is 12.6. The molecule has 2 aromatic heterocycles. The first-order valence-electron chi connectivity index (χ1n) is 12.3. The lowest BCUT2D eigenvalue weighted by Gasteiger charge is -2.30. The molecule has 2 heterocycles. The van der Waals surface area contributed by atoms with Crippen LogP contribution in [0.15, 0.2) is 60.8 Å². The van der Waals surface area contributed by atoms with Crippen LogP contribution in [0.2, 0.25) is 5.02 Å². The van der Waals surface area contributed by atoms with Gasteiger partial charge in [-0.25, -0.2) is 14.6 Å². The number of hydrogen-bond donors (Lipinski definition) is 2. The summed E-state index contributed by atoms with van der Waals surface area (Å²) < 4.78 is 1.90. The van der Waals surface area contributed by atoms with E-state index in [0.29, 0.717) is 16.5 Å². The molecule has 6 rings (SSSR count). The normalized spacial score (nSPS) is 20.0. The highest BCUT2D eigenvalue weighted by Gasteiger charge is 2.30. The van der Waals surface area contributed by atoms with Crippen LogP contribution in [0.3, 0.4) is 0 Å². The largest absolute Gasteiger partial charge is 0.367 e. The zero-order valence-corrected chi connectivity index (χ0v) is 20.1. The van der Waals surface area contributed by atoms with E-state index in [0.717, 1.165) is 66.9 Å². The molecule has 0 spiro atoms. The molecule has 2 aliphatic rings. The van der Waals surface area contributed by atoms with Gasteiger partial charge in [0.15, 0.2) is 5.65 Å². The predicted octanol–water partition coefficient (Wildman–Crippen LogP) is 5.50. The molecule has 0 aliphatic heterocycles. The smallest absolute Gasteiger partial charge is 0.253 e. The molecular weight excluding hydrogens is 460 g/mol. The fourth-order valence-electron chi connectivity index (χ4n) is 4.80. The van der Waals surface area contributed by atoms with E-state index >= 15 is 0 Å². The predicted molar refractivity (Wildman–Crippen MR) is 137 cm³/mol. The number of rotatable bonds is 6. The maximum atomic E-state index is 12.6. The van der Waals surface area contributed by atoms with E-state index in [4.69, 9.17) is 21.6 Å². The quantitative estimate of drug-likeness (QED) is 0.376. The minimum Gasteiger partial charge on any atom is -0.367 e. The first-order valence-corrected chi connectivity index (χ1v) is 12.7. The molecule has 0 bridgehead atoms. The molecular formula is C27H27ClN6O. The summed E-state index contributed by atoms with van der Waals surface area (Å²) in [6.07, 6.45) is 7.84. The van der Waals surface area contributed by atoms with E-state index in [-0.39, 0.29) is 18.0 Å². The van der Waals surface area contributed by atoms with Crippen LogP contribution in [-0.4, -0.2) is 37.7 Å². The number of amides is 1. The Morgan fingerprint density at radius 1 is 0.886 bits per heavy atom. The number of fused-ring (bicyclic) bond motifs is 1. The van der Waals surface area contributed by atoms with Crippen LogP contribution >= 0.6 is 11.6 Å². The van der Waals surface area contributed by atoms with Crippen LogP contribution in [0.25, 0.3) is 16.7 Å². The second-order valence-corrected chi connectivity index (χ2v) is 9.89. The Bertz CT molecular complexity index is 1360. The average molecular weight is 487 g/mol. The Morgan fingerprint density at radius 2 is 1.60 bits per heavy atom. The van der Waals surface area contributed by atoms with Crippen molar-refractivity contribution < 1.29 is 4.79 Å². The standard InChI is InChI=1S/C27H27ClN6O/c28-23-9-5-4-8-21(23)27(35)31-19-14-12-18(13-15-19)30-25-22-16-29-34(20-6-2-1-3-7-20)26(22)33-24(32-25)17-10-11-17/h1-9,16-19H,10-15H2,(H,31,35)(H,30,32,33). The molecule has 0 unspecified atom stereocenters. The Hall–Kier alpha value is -3.45. The number of hydrogen-bond acceptors (Lipinski definition) is 5. The number of benzene rings is 2. The molecule has 178 valence electrons. The fraction of sp³-hybridized carbons (Fsp3) is 0.333. The van der Waals surface area contributed by atoms with Gasteiger partial charge in [0.25, 0.3) is 5.91 Å². The summed E-state index contributed by atoms with van der Waals surface area (Å²) in [6.45, 7) is 0. The highest BCUT2D eigenvalue weighted by molar-refractivity contribution is 6.33. The van der Waals surface area contributed by atoms with Crippen molar-refractivity contribution in [2.24, 2.45) is 0 Å². The SMILES string of the molecule is O=C(NC1CCC(Nc2nc(C3CC3)nc3c2cnn3-c2ccccc2)CC1)c1ccccc1Cl. The van der Waals surface area contributed by atoms with Gasteiger partial charge >= 0.3 is 0 Å². The number of nitrogens with one attached hydrogen (secondary N) is 2. The number of carbonyl (C=O) groups is 1. The molecule has 35 heavy (non-hydrogen) atoms. The van der Waals surface area contributed by atoms with Gasteiger partial charge in [0.1, 0.15) is 11.6 Å². The summed E-state index contributed by atoms with van der Waals surface area (Å²) in [5.41, 5.74) is 2.36. The number of aromatic nitrogens is 4. The highest BCUT2D eigenvalue weighted by atomic mass is 35.5. The first-order chi connectivity index (χ1) is 17.2. The van der Waals surface area contributed by atoms with Gasteiger partial charge in [-0.05, 0) is 62.8 Å². The molecule has 0 atom stereocenters. The van der Waals surface area contributed by atoms with Gasteiger partial charge < -0.3 is 10.6 Å². The molecule has 2 saturated carbocycles. The van der Waals surface area contributed by atoms with E-state index in [1.54, 1.807) is 12.1 Å². The number of anilines is 1. The lowest BCUT2D eigenvalue weighted by Crippen LogP contribution is -2.40. The third kappa shape index (κ3) is 4.60. The van der Waals surface area contributed by atoms with Crippen LogP contribution in [0.5, 0.6) is 0 Å². The van der Waals surface area contributed by atoms with Crippen molar-refractivity contribution >= 4 is 34.4 Å². The summed E-state index contributed by atoms with van der Waals surface area (Å²) in [4.78, 5) is 22.5. The highest BCUT2D eigenvalue weighted by Crippen LogP contribution is 2.40. The summed E-state index contributed by atoms with van der Waals surface area (Å²) >= 11 is 6.19. The minimum absolute atomic E-state index is 0.105. The minimum atomic E-state index is -0.105. The third-order valence-corrected chi connectivity index (χ3v) is 7.24. The van der Waals surface area contributed by atoms with Crippen molar-refractivity contribution in [3.63, 3.8) is 0 Å². The Balaban J connectivity index is 1.17. The molecule has 2 N–H and O–H groups in total. The summed E-state index contributed by atoms with van der Waals surface area (Å²) in [7, 11) is 0. The van der Waals surface area contributed by atoms with Crippen molar-refractivity contribution in [3.05, 3.63) is 77.2 Å². The molecule has 2 aromatic carbocycles. The lowest BCUT2D eigenvalue weighted by molar-refractivity contribution is 0.0926. The molecule has 1 amide bonds. The number of carbonyl (C=O) groups excluding carboxylic acids is 1. The van der Waals surface area contributed by atoms with E-state index in [2.05, 4.69) is 15.7 Å². The molecule has 2 fully saturated rings. The fourth-order valence-corrected chi connectivity index (χ4v) is 5.02. The van der Waals surface area contributed by atoms with E-state index in [1.165, 1.54) is 0 Å². The van der Waals surface area contributed by atoms with Gasteiger partial charge in [0.2, 0.25) is 0 Å². The van der Waals surface area contributed by atoms with Gasteiger partial charge in [-0.3, -0.25) is 4.79 Å². The van der Waals surface area contributed by atoms with E-state index < -0.39 is 0 Å². The van der Waals surface area contributed by atoms with Gasteiger partial charge in [0.05, 0.1) is 27.9 Å². The van der Waals surface area contributed by atoms with Gasteiger partial charge in [-0.2, -0.15) is 5.10 Å². The van der Waals surface area contributed by atoms with Crippen molar-refractivity contribution in [2.75, 3.05) is 5.32 Å². The van der Waals surface area contributed by atoms with Crippen LogP contribution in [-0.2, 0) is 0 Å². The Morgan fingerprint density at radius 3 is 2.34 bits per heavy atom. The zero-order valence-electron chi connectivity index (χ0n) is 19.3. The summed E-state index contributed by atoms with van der Waals surface area (Å²) in [5, 5.41) is 12.9. The van der Waals surface area contributed by atoms with Gasteiger partial charge in [0, 0.05) is 18.0 Å².